The molecule has 0 aliphatic carbocycles. The molecule has 3 nitrogen and oxygen atoms in total. The monoisotopic (exact) mass is 297 g/mol. The minimum Gasteiger partial charge on any atom is -0.359 e. The van der Waals surface area contributed by atoms with Crippen molar-refractivity contribution in [2.75, 3.05) is 19.8 Å². The lowest BCUT2D eigenvalue weighted by Gasteiger charge is -2.21. The molecule has 1 heterocycles. The van der Waals surface area contributed by atoms with Gasteiger partial charge in [0.1, 0.15) is 0 Å². The molecule has 1 aromatic rings. The van der Waals surface area contributed by atoms with Crippen molar-refractivity contribution in [1.82, 2.24) is 9.80 Å². The quantitative estimate of drug-likeness (QED) is 0.904. The van der Waals surface area contributed by atoms with Crippen LogP contribution in [0, 0.1) is 0 Å². The van der Waals surface area contributed by atoms with Crippen molar-refractivity contribution in [3.8, 4) is 0 Å². The minimum absolute atomic E-state index is 0. The maximum Gasteiger partial charge on any atom is 0.0897 e. The molecule has 0 amide bonds. The van der Waals surface area contributed by atoms with E-state index in [0.717, 1.165) is 32.7 Å². The number of rotatable bonds is 5. The van der Waals surface area contributed by atoms with E-state index in [1.807, 2.05) is 0 Å². The number of halogens is 1. The summed E-state index contributed by atoms with van der Waals surface area (Å²) in [6, 6.07) is 10.5. The van der Waals surface area contributed by atoms with Crippen LogP contribution in [0.2, 0.25) is 0 Å². The van der Waals surface area contributed by atoms with Crippen molar-refractivity contribution in [1.29, 1.82) is 0 Å². The topological polar surface area (TPSA) is 32.5 Å². The fourth-order valence-corrected chi connectivity index (χ4v) is 1.88. The number of nitrogens with two attached hydrogens (primary N) is 1. The normalized spacial score (nSPS) is 13.9. The fourth-order valence-electron chi connectivity index (χ4n) is 1.88. The molecule has 94 valence electrons. The Labute approximate surface area is 114 Å². The minimum atomic E-state index is 0. The first-order chi connectivity index (χ1) is 7.88. The zero-order valence-corrected chi connectivity index (χ0v) is 11.7. The van der Waals surface area contributed by atoms with Gasteiger partial charge in [-0.25, -0.2) is 0 Å². The Kier molecular flexibility index (Phi) is 6.08. The Morgan fingerprint density at radius 2 is 1.76 bits per heavy atom. The Balaban J connectivity index is 0.00000144. The first-order valence-corrected chi connectivity index (χ1v) is 5.79. The number of hydrogen-bond acceptors (Lipinski definition) is 3. The van der Waals surface area contributed by atoms with Crippen LogP contribution in [0.25, 0.3) is 0 Å². The van der Waals surface area contributed by atoms with Crippen molar-refractivity contribution in [2.24, 2.45) is 5.73 Å². The van der Waals surface area contributed by atoms with Crippen LogP contribution < -0.4 is 5.73 Å². The molecule has 1 aromatic carbocycles. The summed E-state index contributed by atoms with van der Waals surface area (Å²) < 4.78 is 0. The zero-order valence-electron chi connectivity index (χ0n) is 9.96. The highest BCUT2D eigenvalue weighted by atomic mass is 79.9. The van der Waals surface area contributed by atoms with Gasteiger partial charge in [0.05, 0.1) is 6.67 Å². The maximum atomic E-state index is 5.50. The first kappa shape index (κ1) is 14.1. The number of benzene rings is 1. The Morgan fingerprint density at radius 1 is 1.06 bits per heavy atom. The summed E-state index contributed by atoms with van der Waals surface area (Å²) in [6.45, 7) is 3.78. The van der Waals surface area contributed by atoms with E-state index in [1.165, 1.54) is 5.56 Å². The van der Waals surface area contributed by atoms with Crippen LogP contribution in [0.1, 0.15) is 12.0 Å². The molecule has 0 fully saturated rings. The second-order valence-electron chi connectivity index (χ2n) is 4.13. The van der Waals surface area contributed by atoms with Gasteiger partial charge in [-0.05, 0) is 18.5 Å². The molecule has 0 saturated carbocycles. The highest BCUT2D eigenvalue weighted by Crippen LogP contribution is 2.11. The Morgan fingerprint density at radius 3 is 2.47 bits per heavy atom. The second kappa shape index (κ2) is 7.35. The highest BCUT2D eigenvalue weighted by Gasteiger charge is 2.11. The third kappa shape index (κ3) is 4.40. The molecule has 0 saturated heterocycles. The summed E-state index contributed by atoms with van der Waals surface area (Å²) in [5, 5.41) is 0. The van der Waals surface area contributed by atoms with Gasteiger partial charge in [0.2, 0.25) is 0 Å². The molecule has 0 radical (unpaired) electrons. The Bertz CT molecular complexity index is 340. The molecule has 2 N–H and O–H groups in total. The van der Waals surface area contributed by atoms with Crippen LogP contribution in [0.4, 0.5) is 0 Å². The average molecular weight is 298 g/mol. The van der Waals surface area contributed by atoms with Gasteiger partial charge in [0.25, 0.3) is 0 Å². The summed E-state index contributed by atoms with van der Waals surface area (Å²) >= 11 is 0. The lowest BCUT2D eigenvalue weighted by molar-refractivity contribution is 0.259. The van der Waals surface area contributed by atoms with Gasteiger partial charge in [0.15, 0.2) is 0 Å². The van der Waals surface area contributed by atoms with Gasteiger partial charge < -0.3 is 15.5 Å². The third-order valence-corrected chi connectivity index (χ3v) is 2.73. The van der Waals surface area contributed by atoms with Crippen LogP contribution in [-0.4, -0.2) is 29.6 Å². The molecule has 0 bridgehead atoms. The highest BCUT2D eigenvalue weighted by molar-refractivity contribution is 8.93. The number of nitrogens with zero attached hydrogens (tertiary/aromatic N) is 2. The first-order valence-electron chi connectivity index (χ1n) is 5.79. The van der Waals surface area contributed by atoms with E-state index in [4.69, 9.17) is 5.73 Å². The molecule has 4 heteroatoms. The van der Waals surface area contributed by atoms with E-state index in [2.05, 4.69) is 52.5 Å². The van der Waals surface area contributed by atoms with Crippen LogP contribution in [-0.2, 0) is 6.54 Å². The standard InChI is InChI=1S/C13H19N3.BrH/c14-7-4-8-15-9-10-16(12-15)11-13-5-2-1-3-6-13;/h1-3,5-6,9-10H,4,7-8,11-12,14H2;1H. The summed E-state index contributed by atoms with van der Waals surface area (Å²) in [5.41, 5.74) is 6.85. The van der Waals surface area contributed by atoms with Crippen molar-refractivity contribution >= 4 is 17.0 Å². The van der Waals surface area contributed by atoms with Gasteiger partial charge in [-0.2, -0.15) is 0 Å². The molecule has 0 atom stereocenters. The van der Waals surface area contributed by atoms with Crippen molar-refractivity contribution in [2.45, 2.75) is 13.0 Å². The van der Waals surface area contributed by atoms with Crippen molar-refractivity contribution in [3.63, 3.8) is 0 Å². The van der Waals surface area contributed by atoms with E-state index in [-0.39, 0.29) is 17.0 Å². The third-order valence-electron chi connectivity index (χ3n) is 2.73. The smallest absolute Gasteiger partial charge is 0.0897 e. The molecule has 1 aliphatic heterocycles. The molecular weight excluding hydrogens is 278 g/mol. The van der Waals surface area contributed by atoms with Crippen LogP contribution in [0.3, 0.4) is 0 Å². The van der Waals surface area contributed by atoms with Gasteiger partial charge >= 0.3 is 0 Å². The van der Waals surface area contributed by atoms with Crippen molar-refractivity contribution < 1.29 is 0 Å². The summed E-state index contributed by atoms with van der Waals surface area (Å²) in [6.07, 6.45) is 5.37. The molecular formula is C13H20BrN3. The van der Waals surface area contributed by atoms with Crippen LogP contribution >= 0.6 is 17.0 Å². The van der Waals surface area contributed by atoms with Crippen LogP contribution in [0.5, 0.6) is 0 Å². The van der Waals surface area contributed by atoms with Gasteiger partial charge in [0, 0.05) is 25.5 Å². The molecule has 0 aromatic heterocycles. The van der Waals surface area contributed by atoms with Crippen molar-refractivity contribution in [3.05, 3.63) is 48.3 Å². The predicted molar refractivity (Wildman–Crippen MR) is 76.7 cm³/mol. The molecule has 0 spiro atoms. The van der Waals surface area contributed by atoms with Gasteiger partial charge in [-0.1, -0.05) is 30.3 Å². The molecule has 0 unspecified atom stereocenters. The average Bonchev–Trinajstić information content (AvgIpc) is 2.75. The van der Waals surface area contributed by atoms with E-state index >= 15 is 0 Å². The molecule has 2 rings (SSSR count). The Hall–Kier alpha value is -1.00. The van der Waals surface area contributed by atoms with Crippen LogP contribution in [0.15, 0.2) is 42.7 Å². The van der Waals surface area contributed by atoms with Gasteiger partial charge in [-0.15, -0.1) is 17.0 Å². The lowest BCUT2D eigenvalue weighted by atomic mass is 10.2. The van der Waals surface area contributed by atoms with E-state index < -0.39 is 0 Å². The number of hydrogen-bond donors (Lipinski definition) is 1. The van der Waals surface area contributed by atoms with E-state index in [0.29, 0.717) is 0 Å². The van der Waals surface area contributed by atoms with E-state index in [1.54, 1.807) is 0 Å². The fraction of sp³-hybridized carbons (Fsp3) is 0.385. The molecule has 17 heavy (non-hydrogen) atoms. The predicted octanol–water partition coefficient (Wildman–Crippen LogP) is 2.16. The summed E-state index contributed by atoms with van der Waals surface area (Å²) in [4.78, 5) is 4.61. The largest absolute Gasteiger partial charge is 0.359 e. The lowest BCUT2D eigenvalue weighted by Crippen LogP contribution is -2.26. The van der Waals surface area contributed by atoms with E-state index in [9.17, 15) is 0 Å². The summed E-state index contributed by atoms with van der Waals surface area (Å²) in [7, 11) is 0. The molecule has 1 aliphatic rings. The second-order valence-corrected chi connectivity index (χ2v) is 4.13. The maximum absolute atomic E-state index is 5.50. The SMILES string of the molecule is Br.NCCCN1C=CN(Cc2ccccc2)C1. The van der Waals surface area contributed by atoms with Gasteiger partial charge in [-0.3, -0.25) is 0 Å². The summed E-state index contributed by atoms with van der Waals surface area (Å²) in [5.74, 6) is 0. The zero-order chi connectivity index (χ0) is 11.2.